The maximum Gasteiger partial charge on any atom is 0.233 e. The number of thiazole rings is 1. The lowest BCUT2D eigenvalue weighted by atomic mass is 10.2. The molecule has 0 aliphatic rings. The van der Waals surface area contributed by atoms with Gasteiger partial charge in [-0.2, -0.15) is 0 Å². The minimum atomic E-state index is -0.134. The molecular formula is C15H19N3OS2. The van der Waals surface area contributed by atoms with Gasteiger partial charge in [-0.1, -0.05) is 17.8 Å². The Bertz CT molecular complexity index is 571. The fraction of sp³-hybridized carbons (Fsp3) is 0.400. The van der Waals surface area contributed by atoms with E-state index in [0.29, 0.717) is 6.54 Å². The number of nitrogens with zero attached hydrogens (tertiary/aromatic N) is 2. The summed E-state index contributed by atoms with van der Waals surface area (Å²) in [5, 5.41) is 3.72. The Morgan fingerprint density at radius 1 is 1.43 bits per heavy atom. The van der Waals surface area contributed by atoms with Gasteiger partial charge in [-0.05, 0) is 38.8 Å². The molecule has 0 aromatic carbocycles. The Kier molecular flexibility index (Phi) is 6.20. The fourth-order valence-electron chi connectivity index (χ4n) is 1.82. The number of aromatic nitrogens is 2. The van der Waals surface area contributed by atoms with Gasteiger partial charge in [0.25, 0.3) is 0 Å². The van der Waals surface area contributed by atoms with Crippen LogP contribution in [-0.4, -0.2) is 27.7 Å². The average Bonchev–Trinajstić information content (AvgIpc) is 2.90. The summed E-state index contributed by atoms with van der Waals surface area (Å²) in [5.41, 5.74) is 2.97. The maximum atomic E-state index is 12.0. The van der Waals surface area contributed by atoms with Gasteiger partial charge >= 0.3 is 0 Å². The first-order valence-electron chi connectivity index (χ1n) is 6.91. The van der Waals surface area contributed by atoms with Crippen LogP contribution in [-0.2, 0) is 11.2 Å². The third-order valence-electron chi connectivity index (χ3n) is 3.03. The zero-order valence-electron chi connectivity index (χ0n) is 12.2. The van der Waals surface area contributed by atoms with Gasteiger partial charge in [-0.3, -0.25) is 4.79 Å². The van der Waals surface area contributed by atoms with Crippen molar-refractivity contribution in [3.63, 3.8) is 0 Å². The molecule has 1 atom stereocenters. The molecule has 1 N–H and O–H groups in total. The molecule has 0 saturated heterocycles. The molecule has 21 heavy (non-hydrogen) atoms. The summed E-state index contributed by atoms with van der Waals surface area (Å²) < 4.78 is 0. The van der Waals surface area contributed by atoms with Crippen molar-refractivity contribution < 1.29 is 4.79 Å². The van der Waals surface area contributed by atoms with Crippen LogP contribution in [0.2, 0.25) is 0 Å². The predicted molar refractivity (Wildman–Crippen MR) is 87.7 cm³/mol. The summed E-state index contributed by atoms with van der Waals surface area (Å²) in [6.45, 7) is 4.63. The van der Waals surface area contributed by atoms with Gasteiger partial charge in [0.1, 0.15) is 0 Å². The number of hydrogen-bond acceptors (Lipinski definition) is 5. The molecule has 2 aromatic heterocycles. The normalized spacial score (nSPS) is 12.1. The minimum absolute atomic E-state index is 0.0617. The van der Waals surface area contributed by atoms with Crippen LogP contribution in [0, 0.1) is 6.92 Å². The van der Waals surface area contributed by atoms with E-state index in [0.717, 1.165) is 23.6 Å². The van der Waals surface area contributed by atoms with Crippen LogP contribution in [0.5, 0.6) is 0 Å². The van der Waals surface area contributed by atoms with E-state index in [1.807, 2.05) is 37.6 Å². The van der Waals surface area contributed by atoms with Gasteiger partial charge in [-0.25, -0.2) is 9.97 Å². The van der Waals surface area contributed by atoms with Gasteiger partial charge in [0.15, 0.2) is 0 Å². The molecule has 0 saturated carbocycles. The van der Waals surface area contributed by atoms with Crippen molar-refractivity contribution in [2.24, 2.45) is 0 Å². The maximum absolute atomic E-state index is 12.0. The Balaban J connectivity index is 1.68. The van der Waals surface area contributed by atoms with E-state index in [-0.39, 0.29) is 11.2 Å². The number of thioether (sulfide) groups is 1. The average molecular weight is 321 g/mol. The van der Waals surface area contributed by atoms with Crippen LogP contribution >= 0.6 is 23.1 Å². The van der Waals surface area contributed by atoms with Gasteiger partial charge in [-0.15, -0.1) is 11.3 Å². The van der Waals surface area contributed by atoms with Crippen molar-refractivity contribution in [1.82, 2.24) is 15.3 Å². The monoisotopic (exact) mass is 321 g/mol. The van der Waals surface area contributed by atoms with E-state index < -0.39 is 0 Å². The molecule has 0 aliphatic carbocycles. The number of aryl methyl sites for hydroxylation is 2. The molecule has 6 heteroatoms. The third-order valence-corrected chi connectivity index (χ3v) is 5.07. The summed E-state index contributed by atoms with van der Waals surface area (Å²) in [4.78, 5) is 21.8. The number of carbonyl (C=O) groups is 1. The number of nitrogens with one attached hydrogen (secondary N) is 1. The number of hydrogen-bond donors (Lipinski definition) is 1. The molecule has 112 valence electrons. The third kappa shape index (κ3) is 5.13. The Hall–Kier alpha value is -1.40. The van der Waals surface area contributed by atoms with Crippen LogP contribution in [0.15, 0.2) is 34.9 Å². The van der Waals surface area contributed by atoms with Crippen LogP contribution < -0.4 is 5.32 Å². The van der Waals surface area contributed by atoms with E-state index >= 15 is 0 Å². The topological polar surface area (TPSA) is 54.9 Å². The smallest absolute Gasteiger partial charge is 0.233 e. The minimum Gasteiger partial charge on any atom is -0.355 e. The first-order chi connectivity index (χ1) is 10.2. The molecular weight excluding hydrogens is 302 g/mol. The summed E-state index contributed by atoms with van der Waals surface area (Å²) in [7, 11) is 0. The van der Waals surface area contributed by atoms with Gasteiger partial charge in [0.2, 0.25) is 5.91 Å². The molecule has 0 bridgehead atoms. The Morgan fingerprint density at radius 2 is 2.29 bits per heavy atom. The summed E-state index contributed by atoms with van der Waals surface area (Å²) in [6.07, 6.45) is 3.65. The lowest BCUT2D eigenvalue weighted by Crippen LogP contribution is -2.31. The van der Waals surface area contributed by atoms with Gasteiger partial charge in [0, 0.05) is 17.6 Å². The van der Waals surface area contributed by atoms with Crippen LogP contribution in [0.4, 0.5) is 0 Å². The standard InChI is InChI=1S/C15H19N3OS2/c1-11-13(20-10-18-11)6-5-9-17-15(19)12(2)21-14-7-3-4-8-16-14/h3-4,7-8,10,12H,5-6,9H2,1-2H3,(H,17,19)/t12-/m0/s1. The van der Waals surface area contributed by atoms with Crippen molar-refractivity contribution in [1.29, 1.82) is 0 Å². The lowest BCUT2D eigenvalue weighted by Gasteiger charge is -2.11. The van der Waals surface area contributed by atoms with Crippen molar-refractivity contribution in [2.75, 3.05) is 6.54 Å². The number of carbonyl (C=O) groups excluding carboxylic acids is 1. The quantitative estimate of drug-likeness (QED) is 0.629. The molecule has 1 amide bonds. The highest BCUT2D eigenvalue weighted by atomic mass is 32.2. The molecule has 2 heterocycles. The van der Waals surface area contributed by atoms with Crippen molar-refractivity contribution in [3.8, 4) is 0 Å². The lowest BCUT2D eigenvalue weighted by molar-refractivity contribution is -0.120. The second kappa shape index (κ2) is 8.14. The number of rotatable bonds is 7. The SMILES string of the molecule is Cc1ncsc1CCCNC(=O)[C@H](C)Sc1ccccn1. The molecule has 4 nitrogen and oxygen atoms in total. The zero-order chi connectivity index (χ0) is 15.1. The highest BCUT2D eigenvalue weighted by Gasteiger charge is 2.14. The van der Waals surface area contributed by atoms with Crippen LogP contribution in [0.25, 0.3) is 0 Å². The fourth-order valence-corrected chi connectivity index (χ4v) is 3.48. The van der Waals surface area contributed by atoms with Crippen molar-refractivity contribution in [3.05, 3.63) is 40.5 Å². The number of amides is 1. The van der Waals surface area contributed by atoms with Gasteiger partial charge in [0.05, 0.1) is 21.5 Å². The zero-order valence-corrected chi connectivity index (χ0v) is 13.8. The highest BCUT2D eigenvalue weighted by Crippen LogP contribution is 2.20. The first-order valence-corrected chi connectivity index (χ1v) is 8.67. The predicted octanol–water partition coefficient (Wildman–Crippen LogP) is 3.08. The molecule has 0 unspecified atom stereocenters. The van der Waals surface area contributed by atoms with E-state index in [1.54, 1.807) is 17.5 Å². The molecule has 0 aliphatic heterocycles. The van der Waals surface area contributed by atoms with Crippen LogP contribution in [0.3, 0.4) is 0 Å². The Morgan fingerprint density at radius 3 is 2.95 bits per heavy atom. The summed E-state index contributed by atoms with van der Waals surface area (Å²) in [6, 6.07) is 5.72. The second-order valence-corrected chi connectivity index (χ2v) is 6.98. The van der Waals surface area contributed by atoms with E-state index in [2.05, 4.69) is 15.3 Å². The summed E-state index contributed by atoms with van der Waals surface area (Å²) in [5.74, 6) is 0.0617. The molecule has 2 aromatic rings. The van der Waals surface area contributed by atoms with E-state index in [9.17, 15) is 4.79 Å². The van der Waals surface area contributed by atoms with E-state index in [4.69, 9.17) is 0 Å². The number of pyridine rings is 1. The van der Waals surface area contributed by atoms with Crippen LogP contribution in [0.1, 0.15) is 23.9 Å². The first kappa shape index (κ1) is 16.0. The summed E-state index contributed by atoms with van der Waals surface area (Å²) >= 11 is 3.16. The van der Waals surface area contributed by atoms with Crippen molar-refractivity contribution in [2.45, 2.75) is 37.0 Å². The molecule has 0 fully saturated rings. The van der Waals surface area contributed by atoms with Crippen molar-refractivity contribution >= 4 is 29.0 Å². The molecule has 0 radical (unpaired) electrons. The largest absolute Gasteiger partial charge is 0.355 e. The van der Waals surface area contributed by atoms with Gasteiger partial charge < -0.3 is 5.32 Å². The molecule has 2 rings (SSSR count). The van der Waals surface area contributed by atoms with E-state index in [1.165, 1.54) is 16.6 Å². The second-order valence-electron chi connectivity index (χ2n) is 4.68. The molecule has 0 spiro atoms. The highest BCUT2D eigenvalue weighted by molar-refractivity contribution is 8.00. The Labute approximate surface area is 133 Å².